The molecule has 1 aliphatic rings. The molecule has 1 heterocycles. The van der Waals surface area contributed by atoms with Crippen molar-refractivity contribution in [3.05, 3.63) is 35.4 Å². The van der Waals surface area contributed by atoms with Crippen molar-refractivity contribution in [2.75, 3.05) is 6.54 Å². The first-order valence-electron chi connectivity index (χ1n) is 5.37. The number of rotatable bonds is 3. The minimum absolute atomic E-state index is 0.214. The third kappa shape index (κ3) is 1.51. The summed E-state index contributed by atoms with van der Waals surface area (Å²) in [5, 5.41) is 3.07. The van der Waals surface area contributed by atoms with Crippen LogP contribution in [-0.2, 0) is 0 Å². The van der Waals surface area contributed by atoms with Crippen LogP contribution >= 0.6 is 0 Å². The van der Waals surface area contributed by atoms with Gasteiger partial charge in [-0.1, -0.05) is 19.1 Å². The van der Waals surface area contributed by atoms with Crippen LogP contribution in [0.4, 0.5) is 0 Å². The summed E-state index contributed by atoms with van der Waals surface area (Å²) in [5.74, 6) is -0.428. The predicted molar refractivity (Wildman–Crippen MR) is 60.1 cm³/mol. The molecule has 4 nitrogen and oxygen atoms in total. The topological polar surface area (TPSA) is 49.4 Å². The highest BCUT2D eigenvalue weighted by atomic mass is 16.2. The smallest absolute Gasteiger partial charge is 0.262 e. The summed E-state index contributed by atoms with van der Waals surface area (Å²) < 4.78 is 0. The van der Waals surface area contributed by atoms with Gasteiger partial charge in [-0.15, -0.1) is 0 Å². The summed E-state index contributed by atoms with van der Waals surface area (Å²) in [4.78, 5) is 25.2. The van der Waals surface area contributed by atoms with Crippen LogP contribution < -0.4 is 5.32 Å². The summed E-state index contributed by atoms with van der Waals surface area (Å²) in [6.07, 6.45) is -0.266. The van der Waals surface area contributed by atoms with Crippen molar-refractivity contribution in [2.45, 2.75) is 20.0 Å². The van der Waals surface area contributed by atoms with E-state index in [-0.39, 0.29) is 18.0 Å². The highest BCUT2D eigenvalue weighted by Crippen LogP contribution is 2.23. The average molecular weight is 218 g/mol. The first-order chi connectivity index (χ1) is 7.66. The van der Waals surface area contributed by atoms with E-state index in [9.17, 15) is 9.59 Å². The molecule has 84 valence electrons. The molecule has 0 aromatic heterocycles. The number of carbonyl (C=O) groups is 2. The summed E-state index contributed by atoms with van der Waals surface area (Å²) in [5.41, 5.74) is 0.995. The van der Waals surface area contributed by atoms with Crippen molar-refractivity contribution in [3.63, 3.8) is 0 Å². The van der Waals surface area contributed by atoms with E-state index in [1.807, 2.05) is 13.8 Å². The molecule has 0 fully saturated rings. The Morgan fingerprint density at radius 2 is 1.69 bits per heavy atom. The monoisotopic (exact) mass is 218 g/mol. The molecule has 0 bridgehead atoms. The van der Waals surface area contributed by atoms with Gasteiger partial charge in [-0.3, -0.25) is 19.8 Å². The van der Waals surface area contributed by atoms with E-state index in [1.165, 1.54) is 4.90 Å². The number of nitrogens with one attached hydrogen (secondary N) is 1. The Morgan fingerprint density at radius 1 is 1.19 bits per heavy atom. The van der Waals surface area contributed by atoms with Gasteiger partial charge in [-0.2, -0.15) is 0 Å². The molecule has 0 aliphatic carbocycles. The fraction of sp³-hybridized carbons (Fsp3) is 0.333. The standard InChI is InChI=1S/C12H14N2O2/c1-3-13-8(2)14-11(15)9-6-4-5-7-10(9)12(14)16/h4-8,13H,3H2,1-2H3. The number of hydrogen-bond donors (Lipinski definition) is 1. The van der Waals surface area contributed by atoms with E-state index in [0.29, 0.717) is 17.7 Å². The Kier molecular flexibility index (Phi) is 2.75. The van der Waals surface area contributed by atoms with Crippen molar-refractivity contribution in [3.8, 4) is 0 Å². The Bertz CT molecular complexity index is 407. The predicted octanol–water partition coefficient (Wildman–Crippen LogP) is 1.24. The van der Waals surface area contributed by atoms with Crippen LogP contribution in [0.15, 0.2) is 24.3 Å². The van der Waals surface area contributed by atoms with E-state index >= 15 is 0 Å². The summed E-state index contributed by atoms with van der Waals surface area (Å²) in [7, 11) is 0. The number of fused-ring (bicyclic) bond motifs is 1. The highest BCUT2D eigenvalue weighted by Gasteiger charge is 2.37. The Balaban J connectivity index is 2.35. The first-order valence-corrected chi connectivity index (χ1v) is 5.37. The zero-order chi connectivity index (χ0) is 11.7. The SMILES string of the molecule is CCNC(C)N1C(=O)c2ccccc2C1=O. The van der Waals surface area contributed by atoms with E-state index in [4.69, 9.17) is 0 Å². The Hall–Kier alpha value is -1.68. The molecule has 1 aromatic carbocycles. The molecule has 0 radical (unpaired) electrons. The average Bonchev–Trinajstić information content (AvgIpc) is 2.53. The minimum Gasteiger partial charge on any atom is -0.297 e. The lowest BCUT2D eigenvalue weighted by Gasteiger charge is -2.22. The molecule has 0 saturated carbocycles. The largest absolute Gasteiger partial charge is 0.297 e. The maximum absolute atomic E-state index is 12.0. The number of carbonyl (C=O) groups excluding carboxylic acids is 2. The lowest BCUT2D eigenvalue weighted by molar-refractivity contribution is 0.0571. The first kappa shape index (κ1) is 10.8. The second-order valence-electron chi connectivity index (χ2n) is 3.76. The van der Waals surface area contributed by atoms with Crippen LogP contribution in [0.3, 0.4) is 0 Å². The van der Waals surface area contributed by atoms with E-state index in [2.05, 4.69) is 5.32 Å². The van der Waals surface area contributed by atoms with Gasteiger partial charge in [0.25, 0.3) is 11.8 Å². The van der Waals surface area contributed by atoms with Gasteiger partial charge in [-0.25, -0.2) is 0 Å². The molecule has 1 N–H and O–H groups in total. The van der Waals surface area contributed by atoms with Gasteiger partial charge >= 0.3 is 0 Å². The van der Waals surface area contributed by atoms with Crippen molar-refractivity contribution < 1.29 is 9.59 Å². The molecule has 16 heavy (non-hydrogen) atoms. The second-order valence-corrected chi connectivity index (χ2v) is 3.76. The molecule has 0 spiro atoms. The van der Waals surface area contributed by atoms with Gasteiger partial charge < -0.3 is 0 Å². The maximum Gasteiger partial charge on any atom is 0.262 e. The van der Waals surface area contributed by atoms with E-state index in [0.717, 1.165) is 0 Å². The van der Waals surface area contributed by atoms with E-state index < -0.39 is 0 Å². The summed E-state index contributed by atoms with van der Waals surface area (Å²) >= 11 is 0. The molecule has 2 rings (SSSR count). The molecule has 4 heteroatoms. The molecule has 1 unspecified atom stereocenters. The lowest BCUT2D eigenvalue weighted by atomic mass is 10.1. The van der Waals surface area contributed by atoms with Crippen molar-refractivity contribution in [2.24, 2.45) is 0 Å². The summed E-state index contributed by atoms with van der Waals surface area (Å²) in [6.45, 7) is 4.47. The van der Waals surface area contributed by atoms with Gasteiger partial charge in [0, 0.05) is 0 Å². The van der Waals surface area contributed by atoms with Crippen LogP contribution in [0.25, 0.3) is 0 Å². The van der Waals surface area contributed by atoms with Crippen LogP contribution in [-0.4, -0.2) is 29.4 Å². The molecule has 2 amide bonds. The molecule has 1 atom stereocenters. The number of benzene rings is 1. The summed E-state index contributed by atoms with van der Waals surface area (Å²) in [6, 6.07) is 6.92. The van der Waals surface area contributed by atoms with Gasteiger partial charge in [0.05, 0.1) is 17.3 Å². The molecular weight excluding hydrogens is 204 g/mol. The van der Waals surface area contributed by atoms with Crippen LogP contribution in [0.5, 0.6) is 0 Å². The number of nitrogens with zero attached hydrogens (tertiary/aromatic N) is 1. The van der Waals surface area contributed by atoms with Crippen molar-refractivity contribution in [1.82, 2.24) is 10.2 Å². The number of hydrogen-bond acceptors (Lipinski definition) is 3. The fourth-order valence-corrected chi connectivity index (χ4v) is 1.95. The van der Waals surface area contributed by atoms with Crippen LogP contribution in [0.2, 0.25) is 0 Å². The lowest BCUT2D eigenvalue weighted by Crippen LogP contribution is -2.46. The second kappa shape index (κ2) is 4.06. The van der Waals surface area contributed by atoms with Crippen molar-refractivity contribution in [1.29, 1.82) is 0 Å². The third-order valence-electron chi connectivity index (χ3n) is 2.71. The third-order valence-corrected chi connectivity index (χ3v) is 2.71. The quantitative estimate of drug-likeness (QED) is 0.776. The van der Waals surface area contributed by atoms with Crippen molar-refractivity contribution >= 4 is 11.8 Å². The van der Waals surface area contributed by atoms with Gasteiger partial charge in [-0.05, 0) is 25.6 Å². The van der Waals surface area contributed by atoms with Gasteiger partial charge in [0.15, 0.2) is 0 Å². The number of imide groups is 1. The van der Waals surface area contributed by atoms with Crippen LogP contribution in [0.1, 0.15) is 34.6 Å². The Labute approximate surface area is 94.2 Å². The maximum atomic E-state index is 12.0. The van der Waals surface area contributed by atoms with E-state index in [1.54, 1.807) is 24.3 Å². The fourth-order valence-electron chi connectivity index (χ4n) is 1.95. The molecular formula is C12H14N2O2. The van der Waals surface area contributed by atoms with Gasteiger partial charge in [0.2, 0.25) is 0 Å². The minimum atomic E-state index is -0.266. The number of amides is 2. The molecule has 1 aliphatic heterocycles. The van der Waals surface area contributed by atoms with Gasteiger partial charge in [0.1, 0.15) is 0 Å². The normalized spacial score (nSPS) is 16.5. The van der Waals surface area contributed by atoms with Crippen LogP contribution in [0, 0.1) is 0 Å². The molecule has 0 saturated heterocycles. The highest BCUT2D eigenvalue weighted by molar-refractivity contribution is 6.21. The molecule has 1 aromatic rings. The zero-order valence-electron chi connectivity index (χ0n) is 9.36. The zero-order valence-corrected chi connectivity index (χ0v) is 9.36. The Morgan fingerprint density at radius 3 is 2.12 bits per heavy atom.